The molecule has 1 rings (SSSR count). The topological polar surface area (TPSA) is 66.6 Å². The van der Waals surface area contributed by atoms with Gasteiger partial charge in [0.2, 0.25) is 0 Å². The smallest absolute Gasteiger partial charge is 0.407 e. The molecule has 1 aromatic carbocycles. The second kappa shape index (κ2) is 6.57. The van der Waals surface area contributed by atoms with E-state index in [0.717, 1.165) is 12.8 Å². The van der Waals surface area contributed by atoms with Crippen molar-refractivity contribution in [2.24, 2.45) is 5.73 Å². The molecular weight excluding hydrogens is 240 g/mol. The van der Waals surface area contributed by atoms with Gasteiger partial charge in [-0.1, -0.05) is 30.3 Å². The Balaban J connectivity index is 2.50. The SMILES string of the molecule is CC(C)(C)N(CC(N)CCc1ccccc1)C(=O)O. The van der Waals surface area contributed by atoms with Crippen molar-refractivity contribution in [1.82, 2.24) is 4.90 Å². The summed E-state index contributed by atoms with van der Waals surface area (Å²) < 4.78 is 0. The highest BCUT2D eigenvalue weighted by molar-refractivity contribution is 5.66. The predicted molar refractivity (Wildman–Crippen MR) is 77.2 cm³/mol. The van der Waals surface area contributed by atoms with Gasteiger partial charge < -0.3 is 15.7 Å². The summed E-state index contributed by atoms with van der Waals surface area (Å²) in [5, 5.41) is 9.21. The first-order valence-electron chi connectivity index (χ1n) is 6.61. The Bertz CT molecular complexity index is 398. The van der Waals surface area contributed by atoms with Crippen molar-refractivity contribution in [3.8, 4) is 0 Å². The minimum absolute atomic E-state index is 0.143. The van der Waals surface area contributed by atoms with Crippen molar-refractivity contribution in [2.75, 3.05) is 6.54 Å². The van der Waals surface area contributed by atoms with Gasteiger partial charge in [-0.05, 0) is 39.2 Å². The molecule has 0 bridgehead atoms. The van der Waals surface area contributed by atoms with E-state index in [4.69, 9.17) is 5.73 Å². The number of hydrogen-bond donors (Lipinski definition) is 2. The molecule has 0 spiro atoms. The molecule has 3 N–H and O–H groups in total. The molecule has 0 saturated carbocycles. The zero-order valence-corrected chi connectivity index (χ0v) is 12.0. The van der Waals surface area contributed by atoms with E-state index in [-0.39, 0.29) is 6.04 Å². The van der Waals surface area contributed by atoms with Crippen LogP contribution in [-0.4, -0.2) is 34.2 Å². The van der Waals surface area contributed by atoms with E-state index >= 15 is 0 Å². The second-order valence-corrected chi connectivity index (χ2v) is 5.85. The first-order valence-corrected chi connectivity index (χ1v) is 6.61. The van der Waals surface area contributed by atoms with Crippen molar-refractivity contribution in [3.63, 3.8) is 0 Å². The third-order valence-electron chi connectivity index (χ3n) is 3.10. The van der Waals surface area contributed by atoms with Crippen molar-refractivity contribution >= 4 is 6.09 Å². The maximum absolute atomic E-state index is 11.2. The van der Waals surface area contributed by atoms with Gasteiger partial charge in [0.1, 0.15) is 0 Å². The van der Waals surface area contributed by atoms with Gasteiger partial charge in [-0.25, -0.2) is 4.79 Å². The normalized spacial score (nSPS) is 13.1. The Morgan fingerprint density at radius 1 is 1.32 bits per heavy atom. The lowest BCUT2D eigenvalue weighted by Gasteiger charge is -2.35. The van der Waals surface area contributed by atoms with Crippen molar-refractivity contribution in [1.29, 1.82) is 0 Å². The molecule has 4 nitrogen and oxygen atoms in total. The summed E-state index contributed by atoms with van der Waals surface area (Å²) in [7, 11) is 0. The van der Waals surface area contributed by atoms with Crippen LogP contribution in [0.3, 0.4) is 0 Å². The lowest BCUT2D eigenvalue weighted by Crippen LogP contribution is -2.50. The quantitative estimate of drug-likeness (QED) is 0.859. The monoisotopic (exact) mass is 264 g/mol. The highest BCUT2D eigenvalue weighted by Crippen LogP contribution is 2.15. The van der Waals surface area contributed by atoms with Gasteiger partial charge in [0.25, 0.3) is 0 Å². The number of carboxylic acid groups (broad SMARTS) is 1. The van der Waals surface area contributed by atoms with Gasteiger partial charge in [0.15, 0.2) is 0 Å². The van der Waals surface area contributed by atoms with Crippen LogP contribution in [0.5, 0.6) is 0 Å². The molecule has 1 aromatic rings. The Hall–Kier alpha value is -1.55. The average Bonchev–Trinajstić information content (AvgIpc) is 2.33. The Labute approximate surface area is 115 Å². The largest absolute Gasteiger partial charge is 0.465 e. The van der Waals surface area contributed by atoms with Crippen LogP contribution in [0.1, 0.15) is 32.8 Å². The van der Waals surface area contributed by atoms with Crippen LogP contribution in [0.25, 0.3) is 0 Å². The molecular formula is C15H24N2O2. The van der Waals surface area contributed by atoms with Gasteiger partial charge in [0, 0.05) is 18.1 Å². The molecule has 1 unspecified atom stereocenters. The maximum atomic E-state index is 11.2. The average molecular weight is 264 g/mol. The van der Waals surface area contributed by atoms with Crippen molar-refractivity contribution in [2.45, 2.75) is 45.2 Å². The van der Waals surface area contributed by atoms with Crippen molar-refractivity contribution in [3.05, 3.63) is 35.9 Å². The number of nitrogens with zero attached hydrogens (tertiary/aromatic N) is 1. The summed E-state index contributed by atoms with van der Waals surface area (Å²) in [5.74, 6) is 0. The molecule has 0 aliphatic rings. The highest BCUT2D eigenvalue weighted by atomic mass is 16.4. The number of nitrogens with two attached hydrogens (primary N) is 1. The van der Waals surface area contributed by atoms with Crippen LogP contribution in [0.2, 0.25) is 0 Å². The molecule has 0 aromatic heterocycles. The summed E-state index contributed by atoms with van der Waals surface area (Å²) in [6.45, 7) is 6.01. The maximum Gasteiger partial charge on any atom is 0.407 e. The first kappa shape index (κ1) is 15.5. The number of rotatable bonds is 5. The number of hydrogen-bond acceptors (Lipinski definition) is 2. The van der Waals surface area contributed by atoms with Crippen LogP contribution < -0.4 is 5.73 Å². The minimum Gasteiger partial charge on any atom is -0.465 e. The van der Waals surface area contributed by atoms with Crippen LogP contribution in [-0.2, 0) is 6.42 Å². The van der Waals surface area contributed by atoms with Crippen LogP contribution in [0.15, 0.2) is 30.3 Å². The molecule has 106 valence electrons. The lowest BCUT2D eigenvalue weighted by molar-refractivity contribution is 0.0954. The standard InChI is InChI=1S/C15H24N2O2/c1-15(2,3)17(14(18)19)11-13(16)10-9-12-7-5-4-6-8-12/h4-8,13H,9-11,16H2,1-3H3,(H,18,19). The molecule has 0 aliphatic heterocycles. The molecule has 0 aliphatic carbocycles. The van der Waals surface area contributed by atoms with E-state index in [9.17, 15) is 9.90 Å². The predicted octanol–water partition coefficient (Wildman–Crippen LogP) is 2.73. The number of carbonyl (C=O) groups is 1. The van der Waals surface area contributed by atoms with Gasteiger partial charge >= 0.3 is 6.09 Å². The third-order valence-corrected chi connectivity index (χ3v) is 3.10. The fraction of sp³-hybridized carbons (Fsp3) is 0.533. The summed E-state index contributed by atoms with van der Waals surface area (Å²) in [4.78, 5) is 12.6. The molecule has 1 atom stereocenters. The lowest BCUT2D eigenvalue weighted by atomic mass is 10.0. The summed E-state index contributed by atoms with van der Waals surface area (Å²) >= 11 is 0. The Kier molecular flexibility index (Phi) is 5.36. The van der Waals surface area contributed by atoms with Gasteiger partial charge in [-0.2, -0.15) is 0 Å². The summed E-state index contributed by atoms with van der Waals surface area (Å²) in [5.41, 5.74) is 6.86. The molecule has 0 radical (unpaired) electrons. The van der Waals surface area contributed by atoms with Gasteiger partial charge in [0.05, 0.1) is 0 Å². The number of benzene rings is 1. The van der Waals surface area contributed by atoms with Crippen LogP contribution in [0.4, 0.5) is 4.79 Å². The number of aryl methyl sites for hydroxylation is 1. The first-order chi connectivity index (χ1) is 8.80. The van der Waals surface area contributed by atoms with Crippen LogP contribution >= 0.6 is 0 Å². The highest BCUT2D eigenvalue weighted by Gasteiger charge is 2.27. The molecule has 1 amide bonds. The summed E-state index contributed by atoms with van der Waals surface area (Å²) in [6, 6.07) is 9.96. The second-order valence-electron chi connectivity index (χ2n) is 5.85. The zero-order chi connectivity index (χ0) is 14.5. The van der Waals surface area contributed by atoms with E-state index in [1.54, 1.807) is 0 Å². The minimum atomic E-state index is -0.914. The fourth-order valence-electron chi connectivity index (χ4n) is 1.96. The zero-order valence-electron chi connectivity index (χ0n) is 12.0. The van der Waals surface area contributed by atoms with E-state index in [0.29, 0.717) is 6.54 Å². The molecule has 0 fully saturated rings. The Morgan fingerprint density at radius 3 is 2.37 bits per heavy atom. The van der Waals surface area contributed by atoms with E-state index in [1.807, 2.05) is 39.0 Å². The molecule has 0 saturated heterocycles. The summed E-state index contributed by atoms with van der Waals surface area (Å²) in [6.07, 6.45) is 0.742. The number of amides is 1. The van der Waals surface area contributed by atoms with Gasteiger partial charge in [-0.3, -0.25) is 0 Å². The van der Waals surface area contributed by atoms with Gasteiger partial charge in [-0.15, -0.1) is 0 Å². The fourth-order valence-corrected chi connectivity index (χ4v) is 1.96. The van der Waals surface area contributed by atoms with Crippen molar-refractivity contribution < 1.29 is 9.90 Å². The van der Waals surface area contributed by atoms with E-state index in [1.165, 1.54) is 10.5 Å². The van der Waals surface area contributed by atoms with E-state index < -0.39 is 11.6 Å². The Morgan fingerprint density at radius 2 is 1.89 bits per heavy atom. The third kappa shape index (κ3) is 5.30. The van der Waals surface area contributed by atoms with Crippen LogP contribution in [0, 0.1) is 0 Å². The van der Waals surface area contributed by atoms with E-state index in [2.05, 4.69) is 12.1 Å². The molecule has 19 heavy (non-hydrogen) atoms. The molecule has 4 heteroatoms. The molecule has 0 heterocycles.